The van der Waals surface area contributed by atoms with E-state index in [2.05, 4.69) is 15.0 Å². The molecule has 3 N–H and O–H groups in total. The summed E-state index contributed by atoms with van der Waals surface area (Å²) < 4.78 is 9.59. The standard InChI is InChI=1S/C17H20N4O5S/c1-5-26-15(23)10-6-19-17(21-14(10)18)27-7-11(22)13-8(2)12(9(3)20-13)16(24)25-4/h6,20H,5,7H2,1-4H3,(H2,18,19,21). The molecule has 9 nitrogen and oxygen atoms in total. The third-order valence-electron chi connectivity index (χ3n) is 3.73. The zero-order chi connectivity index (χ0) is 20.1. The number of aromatic nitrogens is 3. The summed E-state index contributed by atoms with van der Waals surface area (Å²) in [6.07, 6.45) is 1.27. The second-order valence-corrected chi connectivity index (χ2v) is 6.44. The van der Waals surface area contributed by atoms with Gasteiger partial charge in [0.1, 0.15) is 11.4 Å². The molecular formula is C17H20N4O5S. The average Bonchev–Trinajstić information content (AvgIpc) is 2.93. The molecule has 0 aliphatic heterocycles. The van der Waals surface area contributed by atoms with Crippen LogP contribution in [-0.4, -0.2) is 52.1 Å². The minimum atomic E-state index is -0.601. The van der Waals surface area contributed by atoms with E-state index < -0.39 is 11.9 Å². The molecule has 0 aliphatic rings. The van der Waals surface area contributed by atoms with Crippen molar-refractivity contribution in [3.63, 3.8) is 0 Å². The fraction of sp³-hybridized carbons (Fsp3) is 0.353. The molecule has 2 aromatic rings. The number of hydrogen-bond acceptors (Lipinski definition) is 9. The normalized spacial score (nSPS) is 10.5. The number of esters is 2. The van der Waals surface area contributed by atoms with Crippen molar-refractivity contribution in [3.8, 4) is 0 Å². The average molecular weight is 392 g/mol. The number of ketones is 1. The predicted octanol–water partition coefficient (Wildman–Crippen LogP) is 1.94. The van der Waals surface area contributed by atoms with E-state index in [0.29, 0.717) is 22.5 Å². The maximum atomic E-state index is 12.5. The van der Waals surface area contributed by atoms with Gasteiger partial charge in [-0.15, -0.1) is 0 Å². The van der Waals surface area contributed by atoms with Gasteiger partial charge in [0.2, 0.25) is 0 Å². The first-order valence-electron chi connectivity index (χ1n) is 8.03. The predicted molar refractivity (Wildman–Crippen MR) is 99.1 cm³/mol. The number of aromatic amines is 1. The number of Topliss-reactive ketones (excluding diaryl/α,β-unsaturated/α-hetero) is 1. The number of nitrogens with two attached hydrogens (primary N) is 1. The molecule has 0 aliphatic carbocycles. The highest BCUT2D eigenvalue weighted by Gasteiger charge is 2.23. The topological polar surface area (TPSA) is 137 Å². The first-order valence-corrected chi connectivity index (χ1v) is 9.01. The molecule has 0 atom stereocenters. The second-order valence-electron chi connectivity index (χ2n) is 5.50. The van der Waals surface area contributed by atoms with E-state index in [1.807, 2.05) is 0 Å². The monoisotopic (exact) mass is 392 g/mol. The van der Waals surface area contributed by atoms with Gasteiger partial charge in [0.05, 0.1) is 30.7 Å². The lowest BCUT2D eigenvalue weighted by molar-refractivity contribution is 0.0525. The van der Waals surface area contributed by atoms with Crippen molar-refractivity contribution < 1.29 is 23.9 Å². The Balaban J connectivity index is 2.11. The number of nitrogens with one attached hydrogen (secondary N) is 1. The summed E-state index contributed by atoms with van der Waals surface area (Å²) in [6, 6.07) is 0. The van der Waals surface area contributed by atoms with Crippen molar-refractivity contribution in [1.82, 2.24) is 15.0 Å². The van der Waals surface area contributed by atoms with Gasteiger partial charge in [-0.3, -0.25) is 4.79 Å². The van der Waals surface area contributed by atoms with E-state index in [1.54, 1.807) is 20.8 Å². The smallest absolute Gasteiger partial charge is 0.343 e. The van der Waals surface area contributed by atoms with Gasteiger partial charge >= 0.3 is 11.9 Å². The van der Waals surface area contributed by atoms with Gasteiger partial charge in [-0.25, -0.2) is 19.6 Å². The SMILES string of the molecule is CCOC(=O)c1cnc(SCC(=O)c2[nH]c(C)c(C(=O)OC)c2C)nc1N. The lowest BCUT2D eigenvalue weighted by Gasteiger charge is -2.06. The van der Waals surface area contributed by atoms with Crippen LogP contribution in [0.1, 0.15) is 49.4 Å². The van der Waals surface area contributed by atoms with Gasteiger partial charge in [0.25, 0.3) is 0 Å². The Morgan fingerprint density at radius 1 is 1.26 bits per heavy atom. The van der Waals surface area contributed by atoms with Crippen LogP contribution in [0.25, 0.3) is 0 Å². The molecule has 2 rings (SSSR count). The van der Waals surface area contributed by atoms with Crippen molar-refractivity contribution in [3.05, 3.63) is 34.3 Å². The van der Waals surface area contributed by atoms with Crippen LogP contribution in [-0.2, 0) is 9.47 Å². The highest BCUT2D eigenvalue weighted by atomic mass is 32.2. The number of rotatable bonds is 7. The van der Waals surface area contributed by atoms with Gasteiger partial charge in [-0.1, -0.05) is 11.8 Å². The molecule has 2 heterocycles. The Labute approximate surface area is 160 Å². The Bertz CT molecular complexity index is 894. The van der Waals surface area contributed by atoms with Crippen LogP contribution in [0, 0.1) is 13.8 Å². The minimum absolute atomic E-state index is 0.0155. The lowest BCUT2D eigenvalue weighted by atomic mass is 10.1. The van der Waals surface area contributed by atoms with Gasteiger partial charge in [0.15, 0.2) is 10.9 Å². The molecule has 0 bridgehead atoms. The van der Waals surface area contributed by atoms with Crippen LogP contribution < -0.4 is 5.73 Å². The molecule has 0 spiro atoms. The van der Waals surface area contributed by atoms with Gasteiger partial charge in [0, 0.05) is 11.9 Å². The molecule has 0 saturated heterocycles. The minimum Gasteiger partial charge on any atom is -0.465 e. The van der Waals surface area contributed by atoms with Gasteiger partial charge < -0.3 is 20.2 Å². The Hall–Kier alpha value is -2.88. The molecule has 0 aromatic carbocycles. The molecule has 0 fully saturated rings. The summed E-state index contributed by atoms with van der Waals surface area (Å²) in [5.74, 6) is -1.32. The van der Waals surface area contributed by atoms with Crippen molar-refractivity contribution in [2.24, 2.45) is 0 Å². The molecule has 144 valence electrons. The van der Waals surface area contributed by atoms with E-state index >= 15 is 0 Å². The molecule has 27 heavy (non-hydrogen) atoms. The number of anilines is 1. The van der Waals surface area contributed by atoms with E-state index in [4.69, 9.17) is 15.2 Å². The maximum Gasteiger partial charge on any atom is 0.343 e. The Morgan fingerprint density at radius 2 is 1.96 bits per heavy atom. The van der Waals surface area contributed by atoms with Crippen molar-refractivity contribution in [2.45, 2.75) is 25.9 Å². The highest BCUT2D eigenvalue weighted by molar-refractivity contribution is 7.99. The third-order valence-corrected chi connectivity index (χ3v) is 4.59. The van der Waals surface area contributed by atoms with Crippen LogP contribution in [0.4, 0.5) is 5.82 Å². The Morgan fingerprint density at radius 3 is 2.56 bits per heavy atom. The molecule has 0 saturated carbocycles. The number of thioether (sulfide) groups is 1. The fourth-order valence-electron chi connectivity index (χ4n) is 2.45. The first kappa shape index (κ1) is 20.4. The summed E-state index contributed by atoms with van der Waals surface area (Å²) in [7, 11) is 1.28. The molecule has 0 radical (unpaired) electrons. The molecule has 0 amide bonds. The summed E-state index contributed by atoms with van der Waals surface area (Å²) in [5, 5.41) is 0.253. The quantitative estimate of drug-likeness (QED) is 0.313. The second kappa shape index (κ2) is 8.67. The van der Waals surface area contributed by atoms with Crippen LogP contribution >= 0.6 is 11.8 Å². The Kier molecular flexibility index (Phi) is 6.56. The van der Waals surface area contributed by atoms with Crippen LogP contribution in [0.15, 0.2) is 11.4 Å². The summed E-state index contributed by atoms with van der Waals surface area (Å²) in [5.41, 5.74) is 7.61. The summed E-state index contributed by atoms with van der Waals surface area (Å²) in [4.78, 5) is 47.0. The van der Waals surface area contributed by atoms with Gasteiger partial charge in [-0.05, 0) is 26.3 Å². The fourth-order valence-corrected chi connectivity index (χ4v) is 3.15. The van der Waals surface area contributed by atoms with E-state index in [0.717, 1.165) is 11.8 Å². The number of carbonyl (C=O) groups excluding carboxylic acids is 3. The largest absolute Gasteiger partial charge is 0.465 e. The molecule has 2 aromatic heterocycles. The van der Waals surface area contributed by atoms with Crippen molar-refractivity contribution >= 4 is 35.3 Å². The number of ether oxygens (including phenoxy) is 2. The zero-order valence-corrected chi connectivity index (χ0v) is 16.2. The highest BCUT2D eigenvalue weighted by Crippen LogP contribution is 2.22. The summed E-state index contributed by atoms with van der Waals surface area (Å²) in [6.45, 7) is 5.27. The molecular weight excluding hydrogens is 372 g/mol. The first-order chi connectivity index (χ1) is 12.8. The summed E-state index contributed by atoms with van der Waals surface area (Å²) >= 11 is 1.07. The zero-order valence-electron chi connectivity index (χ0n) is 15.4. The lowest BCUT2D eigenvalue weighted by Crippen LogP contribution is -2.11. The number of methoxy groups -OCH3 is 1. The number of nitrogens with zero attached hydrogens (tertiary/aromatic N) is 2. The van der Waals surface area contributed by atoms with E-state index in [1.165, 1.54) is 13.3 Å². The van der Waals surface area contributed by atoms with Crippen LogP contribution in [0.2, 0.25) is 0 Å². The number of nitrogen functional groups attached to an aromatic ring is 1. The number of aryl methyl sites for hydroxylation is 1. The van der Waals surface area contributed by atoms with Gasteiger partial charge in [-0.2, -0.15) is 0 Å². The van der Waals surface area contributed by atoms with Crippen LogP contribution in [0.5, 0.6) is 0 Å². The number of carbonyl (C=O) groups is 3. The van der Waals surface area contributed by atoms with Crippen molar-refractivity contribution in [2.75, 3.05) is 25.2 Å². The van der Waals surface area contributed by atoms with Crippen LogP contribution in [0.3, 0.4) is 0 Å². The van der Waals surface area contributed by atoms with Crippen molar-refractivity contribution in [1.29, 1.82) is 0 Å². The molecule has 10 heteroatoms. The number of hydrogen-bond donors (Lipinski definition) is 2. The van der Waals surface area contributed by atoms with E-state index in [-0.39, 0.29) is 34.7 Å². The maximum absolute atomic E-state index is 12.5. The van der Waals surface area contributed by atoms with E-state index in [9.17, 15) is 14.4 Å². The number of H-pyrrole nitrogens is 1. The third kappa shape index (κ3) is 4.45. The molecule has 0 unspecified atom stereocenters.